The summed E-state index contributed by atoms with van der Waals surface area (Å²) in [5.41, 5.74) is 1.18. The number of piperidine rings is 1. The summed E-state index contributed by atoms with van der Waals surface area (Å²) in [5.74, 6) is 0.741. The molecule has 0 saturated carbocycles. The molecule has 1 fully saturated rings. The number of hydrogen-bond acceptors (Lipinski definition) is 2. The second kappa shape index (κ2) is 4.51. The van der Waals surface area contributed by atoms with Crippen molar-refractivity contribution in [3.05, 3.63) is 12.3 Å². The quantitative estimate of drug-likeness (QED) is 0.694. The molecule has 12 heavy (non-hydrogen) atoms. The zero-order valence-electron chi connectivity index (χ0n) is 7.92. The van der Waals surface area contributed by atoms with E-state index in [9.17, 15) is 0 Å². The van der Waals surface area contributed by atoms with E-state index in [1.165, 1.54) is 18.5 Å². The van der Waals surface area contributed by atoms with Gasteiger partial charge < -0.3 is 10.0 Å². The van der Waals surface area contributed by atoms with Crippen molar-refractivity contribution in [1.29, 1.82) is 0 Å². The van der Waals surface area contributed by atoms with Gasteiger partial charge in [-0.25, -0.2) is 0 Å². The highest BCUT2D eigenvalue weighted by Crippen LogP contribution is 2.21. The van der Waals surface area contributed by atoms with Crippen molar-refractivity contribution in [1.82, 2.24) is 4.90 Å². The van der Waals surface area contributed by atoms with Crippen LogP contribution in [0.5, 0.6) is 0 Å². The van der Waals surface area contributed by atoms with Crippen LogP contribution >= 0.6 is 0 Å². The molecule has 0 unspecified atom stereocenters. The van der Waals surface area contributed by atoms with Gasteiger partial charge in [0.05, 0.1) is 0 Å². The predicted molar refractivity (Wildman–Crippen MR) is 50.8 cm³/mol. The van der Waals surface area contributed by atoms with Gasteiger partial charge in [0.1, 0.15) is 0 Å². The molecule has 0 aromatic rings. The average Bonchev–Trinajstić information content (AvgIpc) is 2.06. The Balaban J connectivity index is 2.25. The van der Waals surface area contributed by atoms with Crippen LogP contribution < -0.4 is 0 Å². The third kappa shape index (κ3) is 2.52. The van der Waals surface area contributed by atoms with Gasteiger partial charge in [-0.3, -0.25) is 0 Å². The summed E-state index contributed by atoms with van der Waals surface area (Å²) in [6, 6.07) is 0. The van der Waals surface area contributed by atoms with Crippen molar-refractivity contribution in [2.45, 2.75) is 26.2 Å². The summed E-state index contributed by atoms with van der Waals surface area (Å²) in [5, 5.41) is 8.76. The summed E-state index contributed by atoms with van der Waals surface area (Å²) >= 11 is 0. The van der Waals surface area contributed by atoms with Crippen LogP contribution in [0.4, 0.5) is 0 Å². The number of aliphatic hydroxyl groups excluding tert-OH is 1. The molecule has 0 aromatic heterocycles. The molecule has 2 nitrogen and oxygen atoms in total. The standard InChI is InChI=1S/C10H19NO/c1-9(2)11-6-3-10(4-7-11)5-8-12/h10,12H,1,3-8H2,2H3. The highest BCUT2D eigenvalue weighted by Gasteiger charge is 2.17. The fourth-order valence-corrected chi connectivity index (χ4v) is 1.79. The molecule has 0 bridgehead atoms. The second-order valence-electron chi connectivity index (χ2n) is 3.68. The maximum Gasteiger partial charge on any atom is 0.0433 e. The number of aliphatic hydroxyl groups is 1. The van der Waals surface area contributed by atoms with Crippen LogP contribution in [0.15, 0.2) is 12.3 Å². The predicted octanol–water partition coefficient (Wildman–Crippen LogP) is 1.61. The molecular formula is C10H19NO. The van der Waals surface area contributed by atoms with Crippen LogP contribution in [0.25, 0.3) is 0 Å². The summed E-state index contributed by atoms with van der Waals surface area (Å²) in [6.07, 6.45) is 3.41. The minimum absolute atomic E-state index is 0.345. The van der Waals surface area contributed by atoms with E-state index in [1.807, 2.05) is 0 Å². The fourth-order valence-electron chi connectivity index (χ4n) is 1.79. The molecule has 0 amide bonds. The van der Waals surface area contributed by atoms with Gasteiger partial charge in [0.2, 0.25) is 0 Å². The van der Waals surface area contributed by atoms with Crippen molar-refractivity contribution in [2.24, 2.45) is 5.92 Å². The first-order valence-electron chi connectivity index (χ1n) is 4.75. The molecule has 0 atom stereocenters. The van der Waals surface area contributed by atoms with Crippen molar-refractivity contribution in [3.63, 3.8) is 0 Å². The zero-order valence-corrected chi connectivity index (χ0v) is 7.92. The maximum absolute atomic E-state index is 8.76. The number of rotatable bonds is 3. The third-order valence-corrected chi connectivity index (χ3v) is 2.69. The largest absolute Gasteiger partial charge is 0.396 e. The van der Waals surface area contributed by atoms with Gasteiger partial charge in [0.15, 0.2) is 0 Å². The van der Waals surface area contributed by atoms with E-state index in [4.69, 9.17) is 5.11 Å². The number of likely N-dealkylation sites (tertiary alicyclic amines) is 1. The molecule has 0 spiro atoms. The Morgan fingerprint density at radius 3 is 2.50 bits per heavy atom. The van der Waals surface area contributed by atoms with Crippen molar-refractivity contribution < 1.29 is 5.11 Å². The van der Waals surface area contributed by atoms with Crippen molar-refractivity contribution in [3.8, 4) is 0 Å². The molecule has 1 heterocycles. The SMILES string of the molecule is C=C(C)N1CCC(CCO)CC1. The van der Waals surface area contributed by atoms with E-state index in [2.05, 4.69) is 18.4 Å². The lowest BCUT2D eigenvalue weighted by Gasteiger charge is -2.33. The van der Waals surface area contributed by atoms with Crippen molar-refractivity contribution in [2.75, 3.05) is 19.7 Å². The van der Waals surface area contributed by atoms with Crippen molar-refractivity contribution >= 4 is 0 Å². The summed E-state index contributed by atoms with van der Waals surface area (Å²) in [6.45, 7) is 8.58. The van der Waals surface area contributed by atoms with E-state index in [0.717, 1.165) is 25.4 Å². The number of hydrogen-bond donors (Lipinski definition) is 1. The van der Waals surface area contributed by atoms with Crippen LogP contribution in [0, 0.1) is 5.92 Å². The summed E-state index contributed by atoms with van der Waals surface area (Å²) < 4.78 is 0. The molecule has 0 radical (unpaired) electrons. The molecule has 2 heteroatoms. The lowest BCUT2D eigenvalue weighted by Crippen LogP contribution is -2.32. The monoisotopic (exact) mass is 169 g/mol. The van der Waals surface area contributed by atoms with Gasteiger partial charge in [-0.2, -0.15) is 0 Å². The lowest BCUT2D eigenvalue weighted by atomic mass is 9.94. The second-order valence-corrected chi connectivity index (χ2v) is 3.68. The lowest BCUT2D eigenvalue weighted by molar-refractivity contribution is 0.185. The Bertz CT molecular complexity index is 148. The molecule has 70 valence electrons. The molecule has 0 aromatic carbocycles. The Morgan fingerprint density at radius 2 is 2.08 bits per heavy atom. The molecule has 0 aliphatic carbocycles. The molecular weight excluding hydrogens is 150 g/mol. The Morgan fingerprint density at radius 1 is 1.50 bits per heavy atom. The van der Waals surface area contributed by atoms with Gasteiger partial charge in [0.25, 0.3) is 0 Å². The number of allylic oxidation sites excluding steroid dienone is 1. The smallest absolute Gasteiger partial charge is 0.0433 e. The zero-order chi connectivity index (χ0) is 8.97. The molecule has 1 aliphatic heterocycles. The first kappa shape index (κ1) is 9.59. The highest BCUT2D eigenvalue weighted by molar-refractivity contribution is 4.90. The minimum Gasteiger partial charge on any atom is -0.396 e. The normalized spacial score (nSPS) is 19.7. The first-order valence-corrected chi connectivity index (χ1v) is 4.75. The van der Waals surface area contributed by atoms with Gasteiger partial charge >= 0.3 is 0 Å². The first-order chi connectivity index (χ1) is 5.74. The van der Waals surface area contributed by atoms with Gasteiger partial charge in [0, 0.05) is 25.4 Å². The minimum atomic E-state index is 0.345. The molecule has 1 saturated heterocycles. The summed E-state index contributed by atoms with van der Waals surface area (Å²) in [4.78, 5) is 2.33. The maximum atomic E-state index is 8.76. The van der Waals surface area contributed by atoms with Gasteiger partial charge in [-0.1, -0.05) is 6.58 Å². The molecule has 1 rings (SSSR count). The van der Waals surface area contributed by atoms with Crippen LogP contribution in [0.3, 0.4) is 0 Å². The van der Waals surface area contributed by atoms with E-state index in [0.29, 0.717) is 6.61 Å². The van der Waals surface area contributed by atoms with E-state index < -0.39 is 0 Å². The van der Waals surface area contributed by atoms with Crippen LogP contribution in [-0.4, -0.2) is 29.7 Å². The number of nitrogens with zero attached hydrogens (tertiary/aromatic N) is 1. The Hall–Kier alpha value is -0.500. The van der Waals surface area contributed by atoms with Gasteiger partial charge in [-0.15, -0.1) is 0 Å². The third-order valence-electron chi connectivity index (χ3n) is 2.69. The topological polar surface area (TPSA) is 23.5 Å². The average molecular weight is 169 g/mol. The fraction of sp³-hybridized carbons (Fsp3) is 0.800. The Kier molecular flexibility index (Phi) is 3.60. The van der Waals surface area contributed by atoms with Crippen LogP contribution in [0.1, 0.15) is 26.2 Å². The van der Waals surface area contributed by atoms with Crippen LogP contribution in [0.2, 0.25) is 0 Å². The van der Waals surface area contributed by atoms with E-state index in [-0.39, 0.29) is 0 Å². The molecule has 1 N–H and O–H groups in total. The van der Waals surface area contributed by atoms with E-state index >= 15 is 0 Å². The summed E-state index contributed by atoms with van der Waals surface area (Å²) in [7, 11) is 0. The highest BCUT2D eigenvalue weighted by atomic mass is 16.3. The van der Waals surface area contributed by atoms with Gasteiger partial charge in [-0.05, 0) is 32.1 Å². The molecule has 1 aliphatic rings. The van der Waals surface area contributed by atoms with Crippen LogP contribution in [-0.2, 0) is 0 Å². The van der Waals surface area contributed by atoms with E-state index in [1.54, 1.807) is 0 Å². The Labute approximate surface area is 74.9 Å².